The number of carbonyl (C=O) groups excluding carboxylic acids is 1. The molecule has 3 rings (SSSR count). The lowest BCUT2D eigenvalue weighted by Gasteiger charge is -2.30. The number of hydrogen-bond donors (Lipinski definition) is 2. The minimum atomic E-state index is -0.445. The Hall–Kier alpha value is -2.02. The number of benzene rings is 1. The fourth-order valence-corrected chi connectivity index (χ4v) is 2.63. The predicted molar refractivity (Wildman–Crippen MR) is 106 cm³/mol. The highest BCUT2D eigenvalue weighted by Crippen LogP contribution is 2.12. The number of rotatable bonds is 5. The SMILES string of the molecule is Cl.Cl.O=C(NC(Cc1ccccc1)Oc1cccnc1)N1CCNCC1. The van der Waals surface area contributed by atoms with Crippen LogP contribution in [0.4, 0.5) is 4.79 Å². The molecule has 2 aromatic rings. The summed E-state index contributed by atoms with van der Waals surface area (Å²) in [5.41, 5.74) is 1.10. The van der Waals surface area contributed by atoms with Crippen molar-refractivity contribution in [1.82, 2.24) is 20.5 Å². The largest absolute Gasteiger partial charge is 0.469 e. The van der Waals surface area contributed by atoms with Gasteiger partial charge in [-0.2, -0.15) is 0 Å². The van der Waals surface area contributed by atoms with E-state index >= 15 is 0 Å². The lowest BCUT2D eigenvalue weighted by atomic mass is 10.1. The van der Waals surface area contributed by atoms with E-state index in [2.05, 4.69) is 15.6 Å². The zero-order valence-electron chi connectivity index (χ0n) is 14.3. The Morgan fingerprint density at radius 3 is 2.54 bits per heavy atom. The van der Waals surface area contributed by atoms with Crippen molar-refractivity contribution in [1.29, 1.82) is 0 Å². The van der Waals surface area contributed by atoms with Crippen LogP contribution in [-0.4, -0.2) is 48.3 Å². The average Bonchev–Trinajstić information content (AvgIpc) is 2.64. The predicted octanol–water partition coefficient (Wildman–Crippen LogP) is 2.49. The van der Waals surface area contributed by atoms with Crippen molar-refractivity contribution in [2.24, 2.45) is 0 Å². The first-order valence-corrected chi connectivity index (χ1v) is 8.18. The highest BCUT2D eigenvalue weighted by atomic mass is 35.5. The monoisotopic (exact) mass is 398 g/mol. The van der Waals surface area contributed by atoms with Gasteiger partial charge in [0.05, 0.1) is 6.20 Å². The molecule has 142 valence electrons. The summed E-state index contributed by atoms with van der Waals surface area (Å²) in [7, 11) is 0. The van der Waals surface area contributed by atoms with Crippen molar-refractivity contribution in [3.63, 3.8) is 0 Å². The molecule has 1 unspecified atom stereocenters. The molecule has 0 radical (unpaired) electrons. The van der Waals surface area contributed by atoms with Gasteiger partial charge in [-0.25, -0.2) is 4.79 Å². The maximum Gasteiger partial charge on any atom is 0.320 e. The van der Waals surface area contributed by atoms with E-state index in [-0.39, 0.29) is 30.8 Å². The zero-order valence-corrected chi connectivity index (χ0v) is 16.0. The summed E-state index contributed by atoms with van der Waals surface area (Å²) in [4.78, 5) is 18.3. The number of nitrogens with zero attached hydrogens (tertiary/aromatic N) is 2. The van der Waals surface area contributed by atoms with Gasteiger partial charge in [-0.15, -0.1) is 24.8 Å². The quantitative estimate of drug-likeness (QED) is 0.759. The Labute approximate surface area is 166 Å². The number of ether oxygens (including phenoxy) is 1. The first kappa shape index (κ1) is 22.0. The molecule has 1 atom stereocenters. The second kappa shape index (κ2) is 11.6. The Balaban J connectivity index is 0.00000169. The van der Waals surface area contributed by atoms with Gasteiger partial charge in [-0.1, -0.05) is 30.3 Å². The molecule has 2 amide bonds. The fourth-order valence-electron chi connectivity index (χ4n) is 2.63. The van der Waals surface area contributed by atoms with Crippen molar-refractivity contribution in [3.8, 4) is 5.75 Å². The molecule has 0 spiro atoms. The summed E-state index contributed by atoms with van der Waals surface area (Å²) in [6.45, 7) is 3.05. The molecule has 0 aliphatic carbocycles. The Morgan fingerprint density at radius 1 is 1.15 bits per heavy atom. The van der Waals surface area contributed by atoms with Crippen LogP contribution in [0.25, 0.3) is 0 Å². The maximum absolute atomic E-state index is 12.5. The minimum Gasteiger partial charge on any atom is -0.469 e. The van der Waals surface area contributed by atoms with Crippen molar-refractivity contribution in [2.45, 2.75) is 12.6 Å². The van der Waals surface area contributed by atoms with E-state index in [1.54, 1.807) is 17.3 Å². The fraction of sp³-hybridized carbons (Fsp3) is 0.333. The highest BCUT2D eigenvalue weighted by molar-refractivity contribution is 5.85. The second-order valence-corrected chi connectivity index (χ2v) is 5.67. The van der Waals surface area contributed by atoms with E-state index in [1.807, 2.05) is 42.5 Å². The zero-order chi connectivity index (χ0) is 16.6. The molecular weight excluding hydrogens is 375 g/mol. The van der Waals surface area contributed by atoms with Gasteiger partial charge < -0.3 is 20.3 Å². The van der Waals surface area contributed by atoms with Crippen LogP contribution in [0.1, 0.15) is 5.56 Å². The maximum atomic E-state index is 12.5. The van der Waals surface area contributed by atoms with Crippen LogP contribution in [0.15, 0.2) is 54.9 Å². The molecule has 1 saturated heterocycles. The van der Waals surface area contributed by atoms with Gasteiger partial charge in [0.25, 0.3) is 0 Å². The summed E-state index contributed by atoms with van der Waals surface area (Å²) in [5, 5.41) is 6.23. The normalized spacial score (nSPS) is 14.4. The number of hydrogen-bond acceptors (Lipinski definition) is 4. The van der Waals surface area contributed by atoms with Gasteiger partial charge in [-0.05, 0) is 17.7 Å². The lowest BCUT2D eigenvalue weighted by molar-refractivity contribution is 0.139. The topological polar surface area (TPSA) is 66.5 Å². The van der Waals surface area contributed by atoms with Crippen molar-refractivity contribution in [2.75, 3.05) is 26.2 Å². The van der Waals surface area contributed by atoms with Crippen LogP contribution in [0.3, 0.4) is 0 Å². The molecule has 2 N–H and O–H groups in total. The van der Waals surface area contributed by atoms with Crippen LogP contribution >= 0.6 is 24.8 Å². The van der Waals surface area contributed by atoms with E-state index in [1.165, 1.54) is 0 Å². The number of nitrogens with one attached hydrogen (secondary N) is 2. The van der Waals surface area contributed by atoms with Gasteiger partial charge in [0.1, 0.15) is 5.75 Å². The lowest BCUT2D eigenvalue weighted by Crippen LogP contribution is -2.53. The van der Waals surface area contributed by atoms with Gasteiger partial charge >= 0.3 is 6.03 Å². The molecule has 0 saturated carbocycles. The van der Waals surface area contributed by atoms with Crippen molar-refractivity contribution >= 4 is 30.8 Å². The van der Waals surface area contributed by atoms with Crippen LogP contribution in [0.2, 0.25) is 0 Å². The number of piperazine rings is 1. The second-order valence-electron chi connectivity index (χ2n) is 5.67. The van der Waals surface area contributed by atoms with E-state index < -0.39 is 6.23 Å². The number of halogens is 2. The van der Waals surface area contributed by atoms with E-state index in [0.717, 1.165) is 18.7 Å². The molecule has 2 heterocycles. The third-order valence-corrected chi connectivity index (χ3v) is 3.87. The number of urea groups is 1. The molecule has 26 heavy (non-hydrogen) atoms. The summed E-state index contributed by atoms with van der Waals surface area (Å²) in [6.07, 6.45) is 3.49. The summed E-state index contributed by atoms with van der Waals surface area (Å²) >= 11 is 0. The van der Waals surface area contributed by atoms with Gasteiger partial charge in [-0.3, -0.25) is 4.98 Å². The molecule has 1 aliphatic heterocycles. The van der Waals surface area contributed by atoms with Gasteiger partial charge in [0.15, 0.2) is 6.23 Å². The van der Waals surface area contributed by atoms with Gasteiger partial charge in [0.2, 0.25) is 0 Å². The standard InChI is InChI=1S/C18H22N4O2.2ClH/c23-18(22-11-9-19-10-12-22)21-17(13-15-5-2-1-3-6-15)24-16-7-4-8-20-14-16;;/h1-8,14,17,19H,9-13H2,(H,21,23);2*1H. The molecule has 8 heteroatoms. The summed E-state index contributed by atoms with van der Waals surface area (Å²) in [5.74, 6) is 0.638. The third kappa shape index (κ3) is 6.71. The van der Waals surface area contributed by atoms with Crippen LogP contribution < -0.4 is 15.4 Å². The van der Waals surface area contributed by atoms with Crippen LogP contribution in [0.5, 0.6) is 5.75 Å². The van der Waals surface area contributed by atoms with Crippen LogP contribution in [-0.2, 0) is 6.42 Å². The smallest absolute Gasteiger partial charge is 0.320 e. The molecule has 1 aromatic carbocycles. The number of pyridine rings is 1. The molecule has 1 aromatic heterocycles. The van der Waals surface area contributed by atoms with Crippen molar-refractivity contribution in [3.05, 3.63) is 60.4 Å². The molecule has 0 bridgehead atoms. The number of amides is 2. The number of carbonyl (C=O) groups is 1. The number of aromatic nitrogens is 1. The van der Waals surface area contributed by atoms with E-state index in [0.29, 0.717) is 25.3 Å². The van der Waals surface area contributed by atoms with E-state index in [9.17, 15) is 4.79 Å². The molecule has 6 nitrogen and oxygen atoms in total. The first-order valence-electron chi connectivity index (χ1n) is 8.18. The van der Waals surface area contributed by atoms with Gasteiger partial charge in [0, 0.05) is 38.8 Å². The molecular formula is C18H24Cl2N4O2. The Bertz CT molecular complexity index is 599. The van der Waals surface area contributed by atoms with E-state index in [4.69, 9.17) is 4.74 Å². The minimum absolute atomic E-state index is 0. The Kier molecular flexibility index (Phi) is 9.80. The Morgan fingerprint density at radius 2 is 1.88 bits per heavy atom. The third-order valence-electron chi connectivity index (χ3n) is 3.87. The summed E-state index contributed by atoms with van der Waals surface area (Å²) in [6, 6.07) is 13.5. The van der Waals surface area contributed by atoms with Crippen molar-refractivity contribution < 1.29 is 9.53 Å². The molecule has 1 aliphatic rings. The summed E-state index contributed by atoms with van der Waals surface area (Å²) < 4.78 is 5.94. The first-order chi connectivity index (χ1) is 11.8. The van der Waals surface area contributed by atoms with Crippen LogP contribution in [0, 0.1) is 0 Å². The molecule has 1 fully saturated rings. The highest BCUT2D eigenvalue weighted by Gasteiger charge is 2.21. The average molecular weight is 399 g/mol.